The molecule has 0 bridgehead atoms. The summed E-state index contributed by atoms with van der Waals surface area (Å²) in [5, 5.41) is 18.1. The number of benzene rings is 1. The fraction of sp³-hybridized carbons (Fsp3) is 0.429. The van der Waals surface area contributed by atoms with E-state index in [1.165, 1.54) is 5.56 Å². The zero-order valence-corrected chi connectivity index (χ0v) is 19.5. The number of aryl methyl sites for hydroxylation is 1. The van der Waals surface area contributed by atoms with Gasteiger partial charge in [-0.1, -0.05) is 12.1 Å². The third kappa shape index (κ3) is 6.42. The minimum atomic E-state index is 0.500. The topological polar surface area (TPSA) is 92.5 Å². The van der Waals surface area contributed by atoms with Crippen LogP contribution < -0.4 is 20.3 Å². The van der Waals surface area contributed by atoms with Gasteiger partial charge in [-0.3, -0.25) is 0 Å². The van der Waals surface area contributed by atoms with Gasteiger partial charge in [0.05, 0.1) is 25.9 Å². The molecule has 9 nitrogen and oxygen atoms in total. The van der Waals surface area contributed by atoms with Gasteiger partial charge in [0.1, 0.15) is 11.6 Å². The van der Waals surface area contributed by atoms with Gasteiger partial charge in [-0.15, -0.1) is 21.5 Å². The van der Waals surface area contributed by atoms with Crippen LogP contribution in [0.2, 0.25) is 0 Å². The van der Waals surface area contributed by atoms with Gasteiger partial charge in [0.25, 0.3) is 0 Å². The molecule has 3 aromatic rings. The molecule has 0 spiro atoms. The average Bonchev–Trinajstić information content (AvgIpc) is 3.38. The van der Waals surface area contributed by atoms with Crippen LogP contribution in [0.1, 0.15) is 22.9 Å². The number of guanidine groups is 1. The molecule has 0 aliphatic carbocycles. The Morgan fingerprint density at radius 2 is 1.97 bits per heavy atom. The molecule has 0 atom stereocenters. The van der Waals surface area contributed by atoms with Crippen molar-refractivity contribution in [1.82, 2.24) is 30.4 Å². The lowest BCUT2D eigenvalue weighted by Crippen LogP contribution is -2.38. The average molecular weight is 443 g/mol. The summed E-state index contributed by atoms with van der Waals surface area (Å²) >= 11 is 1.62. The van der Waals surface area contributed by atoms with E-state index in [4.69, 9.17) is 9.73 Å². The third-order valence-electron chi connectivity index (χ3n) is 4.78. The molecule has 0 fully saturated rings. The number of aromatic nitrogens is 4. The molecule has 166 valence electrons. The number of nitrogens with one attached hydrogen (secondary N) is 2. The van der Waals surface area contributed by atoms with Gasteiger partial charge in [-0.05, 0) is 31.0 Å². The van der Waals surface area contributed by atoms with Crippen LogP contribution in [0.3, 0.4) is 0 Å². The van der Waals surface area contributed by atoms with Crippen LogP contribution in [0.15, 0.2) is 34.6 Å². The number of thiazole rings is 1. The molecule has 0 saturated carbocycles. The van der Waals surface area contributed by atoms with Crippen molar-refractivity contribution >= 4 is 22.4 Å². The van der Waals surface area contributed by atoms with Crippen molar-refractivity contribution in [3.63, 3.8) is 0 Å². The monoisotopic (exact) mass is 442 g/mol. The Balaban J connectivity index is 1.62. The maximum atomic E-state index is 5.22. The highest BCUT2D eigenvalue weighted by Gasteiger charge is 2.08. The molecule has 2 heterocycles. The summed E-state index contributed by atoms with van der Waals surface area (Å²) in [6, 6.07) is 8.10. The van der Waals surface area contributed by atoms with Crippen LogP contribution in [0.25, 0.3) is 0 Å². The third-order valence-corrected chi connectivity index (χ3v) is 5.84. The first kappa shape index (κ1) is 22.5. The van der Waals surface area contributed by atoms with Crippen molar-refractivity contribution in [3.8, 4) is 5.75 Å². The van der Waals surface area contributed by atoms with Gasteiger partial charge in [0.15, 0.2) is 16.9 Å². The molecular formula is C21H30N8OS. The summed E-state index contributed by atoms with van der Waals surface area (Å²) < 4.78 is 7.19. The molecule has 0 saturated heterocycles. The summed E-state index contributed by atoms with van der Waals surface area (Å²) in [6.07, 6.45) is 0.870. The standard InChI is InChI=1S/C21H30N8OS/c1-15-26-27-19(29(15)4)13-24-20(23-12-17-14-31-21(25-17)28(2)3)22-11-10-16-6-8-18(30-5)9-7-16/h6-9,14H,10-13H2,1-5H3,(H2,22,23,24). The van der Waals surface area contributed by atoms with Crippen LogP contribution in [0.4, 0.5) is 5.13 Å². The summed E-state index contributed by atoms with van der Waals surface area (Å²) in [5.41, 5.74) is 2.17. The van der Waals surface area contributed by atoms with E-state index in [1.54, 1.807) is 18.4 Å². The summed E-state index contributed by atoms with van der Waals surface area (Å²) in [6.45, 7) is 3.71. The fourth-order valence-corrected chi connectivity index (χ4v) is 3.54. The zero-order valence-electron chi connectivity index (χ0n) is 18.7. The molecule has 31 heavy (non-hydrogen) atoms. The molecule has 10 heteroatoms. The molecule has 2 N–H and O–H groups in total. The minimum Gasteiger partial charge on any atom is -0.497 e. The molecule has 0 aliphatic heterocycles. The van der Waals surface area contributed by atoms with Crippen molar-refractivity contribution in [2.45, 2.75) is 26.4 Å². The number of aliphatic imine (C=N–C) groups is 1. The van der Waals surface area contributed by atoms with Gasteiger partial charge in [0, 0.05) is 33.1 Å². The fourth-order valence-electron chi connectivity index (χ4n) is 2.79. The number of hydrogen-bond donors (Lipinski definition) is 2. The Kier molecular flexibility index (Phi) is 7.82. The van der Waals surface area contributed by atoms with Crippen LogP contribution in [-0.2, 0) is 26.6 Å². The number of anilines is 1. The number of rotatable bonds is 9. The van der Waals surface area contributed by atoms with E-state index in [0.29, 0.717) is 19.0 Å². The Hall–Kier alpha value is -3.14. The lowest BCUT2D eigenvalue weighted by molar-refractivity contribution is 0.414. The number of hydrogen-bond acceptors (Lipinski definition) is 7. The van der Waals surface area contributed by atoms with E-state index in [2.05, 4.69) is 37.9 Å². The highest BCUT2D eigenvalue weighted by atomic mass is 32.1. The van der Waals surface area contributed by atoms with Crippen molar-refractivity contribution in [2.24, 2.45) is 12.0 Å². The molecule has 0 radical (unpaired) electrons. The molecule has 1 aromatic carbocycles. The number of methoxy groups -OCH3 is 1. The van der Waals surface area contributed by atoms with Gasteiger partial charge in [0.2, 0.25) is 0 Å². The lowest BCUT2D eigenvalue weighted by Gasteiger charge is -2.13. The van der Waals surface area contributed by atoms with E-state index in [9.17, 15) is 0 Å². The molecule has 2 aromatic heterocycles. The Morgan fingerprint density at radius 1 is 1.19 bits per heavy atom. The minimum absolute atomic E-state index is 0.500. The van der Waals surface area contributed by atoms with E-state index < -0.39 is 0 Å². The van der Waals surface area contributed by atoms with Crippen LogP contribution >= 0.6 is 11.3 Å². The Labute approximate surface area is 187 Å². The van der Waals surface area contributed by atoms with Gasteiger partial charge < -0.3 is 24.8 Å². The molecule has 0 unspecified atom stereocenters. The predicted molar refractivity (Wildman–Crippen MR) is 125 cm³/mol. The van der Waals surface area contributed by atoms with Gasteiger partial charge in [-0.25, -0.2) is 9.98 Å². The molecule has 3 rings (SSSR count). The largest absolute Gasteiger partial charge is 0.497 e. The molecule has 0 amide bonds. The van der Waals surface area contributed by atoms with Crippen molar-refractivity contribution in [1.29, 1.82) is 0 Å². The molecular weight excluding hydrogens is 412 g/mol. The van der Waals surface area contributed by atoms with Crippen molar-refractivity contribution in [2.75, 3.05) is 32.6 Å². The Morgan fingerprint density at radius 3 is 2.58 bits per heavy atom. The summed E-state index contributed by atoms with van der Waals surface area (Å²) in [7, 11) is 7.61. The smallest absolute Gasteiger partial charge is 0.192 e. The number of nitrogens with zero attached hydrogens (tertiary/aromatic N) is 6. The second-order valence-electron chi connectivity index (χ2n) is 7.28. The molecule has 0 aliphatic rings. The van der Waals surface area contributed by atoms with E-state index in [0.717, 1.165) is 41.2 Å². The van der Waals surface area contributed by atoms with E-state index >= 15 is 0 Å². The number of ether oxygens (including phenoxy) is 1. The van der Waals surface area contributed by atoms with Gasteiger partial charge >= 0.3 is 0 Å². The maximum Gasteiger partial charge on any atom is 0.192 e. The van der Waals surface area contributed by atoms with Gasteiger partial charge in [-0.2, -0.15) is 0 Å². The SMILES string of the molecule is COc1ccc(CCNC(=NCc2csc(N(C)C)n2)NCc2nnc(C)n2C)cc1. The highest BCUT2D eigenvalue weighted by Crippen LogP contribution is 2.18. The Bertz CT molecular complexity index is 993. The van der Waals surface area contributed by atoms with Crippen LogP contribution in [0, 0.1) is 6.92 Å². The first-order valence-corrected chi connectivity index (χ1v) is 11.0. The highest BCUT2D eigenvalue weighted by molar-refractivity contribution is 7.13. The normalized spacial score (nSPS) is 11.5. The first-order valence-electron chi connectivity index (χ1n) is 10.1. The van der Waals surface area contributed by atoms with E-state index in [-0.39, 0.29) is 0 Å². The van der Waals surface area contributed by atoms with E-state index in [1.807, 2.05) is 55.0 Å². The lowest BCUT2D eigenvalue weighted by atomic mass is 10.1. The maximum absolute atomic E-state index is 5.22. The van der Waals surface area contributed by atoms with Crippen LogP contribution in [0.5, 0.6) is 5.75 Å². The summed E-state index contributed by atoms with van der Waals surface area (Å²) in [4.78, 5) is 11.3. The second-order valence-corrected chi connectivity index (χ2v) is 8.12. The second kappa shape index (κ2) is 10.8. The quantitative estimate of drug-likeness (QED) is 0.387. The first-order chi connectivity index (χ1) is 15.0. The van der Waals surface area contributed by atoms with Crippen molar-refractivity contribution in [3.05, 3.63) is 52.6 Å². The van der Waals surface area contributed by atoms with Crippen molar-refractivity contribution < 1.29 is 4.74 Å². The summed E-state index contributed by atoms with van der Waals surface area (Å²) in [5.74, 6) is 3.31. The zero-order chi connectivity index (χ0) is 22.2. The predicted octanol–water partition coefficient (Wildman–Crippen LogP) is 2.13. The van der Waals surface area contributed by atoms with Crippen LogP contribution in [-0.4, -0.2) is 53.5 Å².